The van der Waals surface area contributed by atoms with E-state index in [9.17, 15) is 0 Å². The van der Waals surface area contributed by atoms with E-state index in [-0.39, 0.29) is 0 Å². The van der Waals surface area contributed by atoms with Crippen LogP contribution in [-0.2, 0) is 6.42 Å². The molecule has 0 radical (unpaired) electrons. The SMILES string of the molecule is C#CC(N)c1ccc(CC)o1. The Labute approximate surface area is 66.4 Å². The predicted molar refractivity (Wildman–Crippen MR) is 43.8 cm³/mol. The summed E-state index contributed by atoms with van der Waals surface area (Å²) in [6.45, 7) is 2.02. The summed E-state index contributed by atoms with van der Waals surface area (Å²) in [5.74, 6) is 4.00. The zero-order valence-corrected chi connectivity index (χ0v) is 6.50. The van der Waals surface area contributed by atoms with Crippen molar-refractivity contribution in [1.82, 2.24) is 0 Å². The average Bonchev–Trinajstić information content (AvgIpc) is 2.50. The Kier molecular flexibility index (Phi) is 2.35. The lowest BCUT2D eigenvalue weighted by Crippen LogP contribution is -2.05. The molecule has 1 heterocycles. The number of furan rings is 1. The first-order valence-electron chi connectivity index (χ1n) is 3.58. The molecule has 1 unspecified atom stereocenters. The lowest BCUT2D eigenvalue weighted by Gasteiger charge is -1.97. The van der Waals surface area contributed by atoms with Crippen molar-refractivity contribution in [3.8, 4) is 12.3 Å². The smallest absolute Gasteiger partial charge is 0.133 e. The van der Waals surface area contributed by atoms with E-state index in [1.54, 1.807) is 0 Å². The molecule has 0 aliphatic heterocycles. The molecular weight excluding hydrogens is 138 g/mol. The first kappa shape index (κ1) is 7.90. The Hall–Kier alpha value is -1.20. The molecule has 0 spiro atoms. The quantitative estimate of drug-likeness (QED) is 0.647. The Bertz CT molecular complexity index is 269. The minimum absolute atomic E-state index is 0.407. The lowest BCUT2D eigenvalue weighted by molar-refractivity contribution is 0.460. The predicted octanol–water partition coefficient (Wildman–Crippen LogP) is 1.48. The summed E-state index contributed by atoms with van der Waals surface area (Å²) in [6.07, 6.45) is 5.99. The standard InChI is InChI=1S/C9H11NO/c1-3-7-5-6-9(11-7)8(10)4-2/h2,5-6,8H,3,10H2,1H3. The van der Waals surface area contributed by atoms with Crippen molar-refractivity contribution in [2.75, 3.05) is 0 Å². The van der Waals surface area contributed by atoms with Crippen LogP contribution in [0.15, 0.2) is 16.5 Å². The van der Waals surface area contributed by atoms with Gasteiger partial charge < -0.3 is 10.2 Å². The Morgan fingerprint density at radius 2 is 2.45 bits per heavy atom. The fourth-order valence-electron chi connectivity index (χ4n) is 0.834. The fourth-order valence-corrected chi connectivity index (χ4v) is 0.834. The van der Waals surface area contributed by atoms with E-state index in [1.807, 2.05) is 19.1 Å². The highest BCUT2D eigenvalue weighted by Crippen LogP contribution is 2.13. The van der Waals surface area contributed by atoms with E-state index >= 15 is 0 Å². The Balaban J connectivity index is 2.82. The van der Waals surface area contributed by atoms with Gasteiger partial charge in [0.15, 0.2) is 0 Å². The van der Waals surface area contributed by atoms with E-state index in [0.717, 1.165) is 12.2 Å². The van der Waals surface area contributed by atoms with Crippen molar-refractivity contribution < 1.29 is 4.42 Å². The van der Waals surface area contributed by atoms with Gasteiger partial charge in [-0.15, -0.1) is 6.42 Å². The third-order valence-corrected chi connectivity index (χ3v) is 1.52. The summed E-state index contributed by atoms with van der Waals surface area (Å²) in [4.78, 5) is 0. The largest absolute Gasteiger partial charge is 0.463 e. The fraction of sp³-hybridized carbons (Fsp3) is 0.333. The second kappa shape index (κ2) is 3.27. The lowest BCUT2D eigenvalue weighted by atomic mass is 10.2. The van der Waals surface area contributed by atoms with Crippen LogP contribution in [0.2, 0.25) is 0 Å². The first-order valence-corrected chi connectivity index (χ1v) is 3.58. The molecule has 0 amide bonds. The highest BCUT2D eigenvalue weighted by molar-refractivity contribution is 5.17. The molecule has 0 fully saturated rings. The van der Waals surface area contributed by atoms with Gasteiger partial charge in [0, 0.05) is 6.42 Å². The van der Waals surface area contributed by atoms with Crippen molar-refractivity contribution in [2.45, 2.75) is 19.4 Å². The summed E-state index contributed by atoms with van der Waals surface area (Å²) in [6, 6.07) is 3.31. The number of nitrogens with two attached hydrogens (primary N) is 1. The minimum Gasteiger partial charge on any atom is -0.463 e. The summed E-state index contributed by atoms with van der Waals surface area (Å²) >= 11 is 0. The van der Waals surface area contributed by atoms with E-state index in [4.69, 9.17) is 16.6 Å². The van der Waals surface area contributed by atoms with Gasteiger partial charge in [-0.05, 0) is 12.1 Å². The normalized spacial score (nSPS) is 12.5. The van der Waals surface area contributed by atoms with Gasteiger partial charge in [0.05, 0.1) is 0 Å². The number of terminal acetylenes is 1. The monoisotopic (exact) mass is 149 g/mol. The first-order chi connectivity index (χ1) is 5.27. The summed E-state index contributed by atoms with van der Waals surface area (Å²) in [5, 5.41) is 0. The molecule has 1 atom stereocenters. The molecule has 58 valence electrons. The summed E-state index contributed by atoms with van der Waals surface area (Å²) < 4.78 is 5.32. The van der Waals surface area contributed by atoms with Crippen LogP contribution in [0.25, 0.3) is 0 Å². The van der Waals surface area contributed by atoms with E-state index in [1.165, 1.54) is 0 Å². The van der Waals surface area contributed by atoms with Crippen LogP contribution in [0.1, 0.15) is 24.5 Å². The number of hydrogen-bond donors (Lipinski definition) is 1. The van der Waals surface area contributed by atoms with Crippen LogP contribution in [0.4, 0.5) is 0 Å². The molecule has 0 aliphatic carbocycles. The number of rotatable bonds is 2. The maximum Gasteiger partial charge on any atom is 0.133 e. The molecule has 0 aromatic carbocycles. The van der Waals surface area contributed by atoms with Gasteiger partial charge in [0.2, 0.25) is 0 Å². The topological polar surface area (TPSA) is 39.2 Å². The molecule has 0 bridgehead atoms. The molecule has 0 saturated carbocycles. The molecule has 0 aliphatic rings. The van der Waals surface area contributed by atoms with Crippen molar-refractivity contribution in [2.24, 2.45) is 5.73 Å². The third kappa shape index (κ3) is 1.63. The van der Waals surface area contributed by atoms with E-state index in [0.29, 0.717) is 5.76 Å². The highest BCUT2D eigenvalue weighted by Gasteiger charge is 2.05. The van der Waals surface area contributed by atoms with Gasteiger partial charge in [0.25, 0.3) is 0 Å². The second-order valence-corrected chi connectivity index (χ2v) is 2.30. The molecule has 1 aromatic heterocycles. The number of hydrogen-bond acceptors (Lipinski definition) is 2. The molecule has 11 heavy (non-hydrogen) atoms. The van der Waals surface area contributed by atoms with Crippen molar-refractivity contribution in [3.63, 3.8) is 0 Å². The molecule has 2 heteroatoms. The zero-order valence-electron chi connectivity index (χ0n) is 6.50. The highest BCUT2D eigenvalue weighted by atomic mass is 16.3. The van der Waals surface area contributed by atoms with Crippen LogP contribution in [0.3, 0.4) is 0 Å². The average molecular weight is 149 g/mol. The maximum atomic E-state index is 5.53. The van der Waals surface area contributed by atoms with Gasteiger partial charge in [-0.2, -0.15) is 0 Å². The van der Waals surface area contributed by atoms with E-state index in [2.05, 4.69) is 5.92 Å². The molecular formula is C9H11NO. The van der Waals surface area contributed by atoms with Gasteiger partial charge in [-0.25, -0.2) is 0 Å². The molecule has 1 aromatic rings. The third-order valence-electron chi connectivity index (χ3n) is 1.52. The van der Waals surface area contributed by atoms with Crippen LogP contribution < -0.4 is 5.73 Å². The van der Waals surface area contributed by atoms with E-state index < -0.39 is 6.04 Å². The Morgan fingerprint density at radius 3 is 2.91 bits per heavy atom. The van der Waals surface area contributed by atoms with Gasteiger partial charge in [-0.3, -0.25) is 0 Å². The van der Waals surface area contributed by atoms with Crippen molar-refractivity contribution in [3.05, 3.63) is 23.7 Å². The van der Waals surface area contributed by atoms with Crippen LogP contribution >= 0.6 is 0 Å². The molecule has 2 N–H and O–H groups in total. The molecule has 2 nitrogen and oxygen atoms in total. The molecule has 1 rings (SSSR count). The Morgan fingerprint density at radius 1 is 1.73 bits per heavy atom. The van der Waals surface area contributed by atoms with Crippen LogP contribution in [0.5, 0.6) is 0 Å². The molecule has 0 saturated heterocycles. The van der Waals surface area contributed by atoms with Crippen LogP contribution in [-0.4, -0.2) is 0 Å². The van der Waals surface area contributed by atoms with Gasteiger partial charge >= 0.3 is 0 Å². The maximum absolute atomic E-state index is 5.53. The second-order valence-electron chi connectivity index (χ2n) is 2.30. The summed E-state index contributed by atoms with van der Waals surface area (Å²) in [7, 11) is 0. The minimum atomic E-state index is -0.407. The van der Waals surface area contributed by atoms with Crippen molar-refractivity contribution in [1.29, 1.82) is 0 Å². The summed E-state index contributed by atoms with van der Waals surface area (Å²) in [5.41, 5.74) is 5.53. The zero-order chi connectivity index (χ0) is 8.27. The number of aryl methyl sites for hydroxylation is 1. The van der Waals surface area contributed by atoms with Gasteiger partial charge in [0.1, 0.15) is 17.6 Å². The van der Waals surface area contributed by atoms with Gasteiger partial charge in [-0.1, -0.05) is 12.8 Å². The van der Waals surface area contributed by atoms with Crippen molar-refractivity contribution >= 4 is 0 Å². The van der Waals surface area contributed by atoms with Crippen LogP contribution in [0, 0.1) is 12.3 Å².